The molecule has 0 aromatic heterocycles. The van der Waals surface area contributed by atoms with Crippen molar-refractivity contribution in [3.63, 3.8) is 0 Å². The fraction of sp³-hybridized carbons (Fsp3) is 0.588. The van der Waals surface area contributed by atoms with Crippen LogP contribution in [0.1, 0.15) is 5.56 Å². The van der Waals surface area contributed by atoms with E-state index in [1.54, 1.807) is 0 Å². The van der Waals surface area contributed by atoms with Gasteiger partial charge in [0.2, 0.25) is 5.91 Å². The Labute approximate surface area is 132 Å². The summed E-state index contributed by atoms with van der Waals surface area (Å²) in [4.78, 5) is 19.0. The van der Waals surface area contributed by atoms with Crippen LogP contribution in [0.4, 0.5) is 0 Å². The van der Waals surface area contributed by atoms with Gasteiger partial charge in [-0.15, -0.1) is 0 Å². The molecule has 2 fully saturated rings. The minimum atomic E-state index is 0.290. The molecule has 5 heteroatoms. The van der Waals surface area contributed by atoms with Crippen LogP contribution in [0.25, 0.3) is 0 Å². The van der Waals surface area contributed by atoms with Crippen molar-refractivity contribution in [1.82, 2.24) is 20.0 Å². The third kappa shape index (κ3) is 4.29. The van der Waals surface area contributed by atoms with Crippen molar-refractivity contribution in [3.8, 4) is 0 Å². The van der Waals surface area contributed by atoms with Gasteiger partial charge in [0.25, 0.3) is 0 Å². The van der Waals surface area contributed by atoms with E-state index in [0.717, 1.165) is 58.9 Å². The molecule has 1 aromatic carbocycles. The number of amides is 1. The molecule has 2 saturated heterocycles. The van der Waals surface area contributed by atoms with Crippen LogP contribution < -0.4 is 5.32 Å². The maximum atomic E-state index is 12.3. The van der Waals surface area contributed by atoms with E-state index in [9.17, 15) is 4.79 Å². The summed E-state index contributed by atoms with van der Waals surface area (Å²) in [5.41, 5.74) is 1.37. The van der Waals surface area contributed by atoms with Gasteiger partial charge in [-0.25, -0.2) is 0 Å². The van der Waals surface area contributed by atoms with Crippen molar-refractivity contribution in [3.05, 3.63) is 35.9 Å². The summed E-state index contributed by atoms with van der Waals surface area (Å²) < 4.78 is 0. The Morgan fingerprint density at radius 2 is 1.55 bits per heavy atom. The fourth-order valence-corrected chi connectivity index (χ4v) is 3.15. The van der Waals surface area contributed by atoms with Gasteiger partial charge in [0.15, 0.2) is 0 Å². The first-order valence-electron chi connectivity index (χ1n) is 8.28. The summed E-state index contributed by atoms with van der Waals surface area (Å²) in [7, 11) is 0. The SMILES string of the molecule is O=C(CN1CCN(Cc2ccccc2)CC1)N1CCNCC1. The summed E-state index contributed by atoms with van der Waals surface area (Å²) in [5, 5.41) is 3.29. The predicted octanol–water partition coefficient (Wildman–Crippen LogP) is 0.236. The average Bonchev–Trinajstić information content (AvgIpc) is 2.58. The lowest BCUT2D eigenvalue weighted by Gasteiger charge is -2.36. The number of piperazine rings is 2. The topological polar surface area (TPSA) is 38.8 Å². The molecule has 0 bridgehead atoms. The standard InChI is InChI=1S/C17H26N4O/c22-17(21-8-6-18-7-9-21)15-20-12-10-19(11-13-20)14-16-4-2-1-3-5-16/h1-5,18H,6-15H2. The van der Waals surface area contributed by atoms with Gasteiger partial charge in [0, 0.05) is 58.9 Å². The number of hydrogen-bond donors (Lipinski definition) is 1. The molecule has 120 valence electrons. The van der Waals surface area contributed by atoms with Crippen LogP contribution in [-0.4, -0.2) is 79.5 Å². The van der Waals surface area contributed by atoms with Crippen molar-refractivity contribution < 1.29 is 4.79 Å². The maximum absolute atomic E-state index is 12.3. The number of carbonyl (C=O) groups excluding carboxylic acids is 1. The highest BCUT2D eigenvalue weighted by atomic mass is 16.2. The molecule has 1 amide bonds. The van der Waals surface area contributed by atoms with E-state index in [4.69, 9.17) is 0 Å². The fourth-order valence-electron chi connectivity index (χ4n) is 3.15. The summed E-state index contributed by atoms with van der Waals surface area (Å²) in [6.07, 6.45) is 0. The van der Waals surface area contributed by atoms with Gasteiger partial charge >= 0.3 is 0 Å². The zero-order valence-corrected chi connectivity index (χ0v) is 13.2. The van der Waals surface area contributed by atoms with Crippen LogP contribution in [-0.2, 0) is 11.3 Å². The van der Waals surface area contributed by atoms with Crippen molar-refractivity contribution in [1.29, 1.82) is 0 Å². The first-order valence-corrected chi connectivity index (χ1v) is 8.28. The summed E-state index contributed by atoms with van der Waals surface area (Å²) in [6.45, 7) is 9.23. The number of nitrogens with zero attached hydrogens (tertiary/aromatic N) is 3. The van der Waals surface area contributed by atoms with Gasteiger partial charge < -0.3 is 10.2 Å². The average molecular weight is 302 g/mol. The van der Waals surface area contributed by atoms with Crippen LogP contribution in [0.5, 0.6) is 0 Å². The Balaban J connectivity index is 1.40. The van der Waals surface area contributed by atoms with Gasteiger partial charge in [-0.2, -0.15) is 0 Å². The molecule has 0 unspecified atom stereocenters. The van der Waals surface area contributed by atoms with Crippen molar-refractivity contribution >= 4 is 5.91 Å². The molecule has 5 nitrogen and oxygen atoms in total. The Kier molecular flexibility index (Phi) is 5.43. The smallest absolute Gasteiger partial charge is 0.236 e. The van der Waals surface area contributed by atoms with Crippen LogP contribution in [0.15, 0.2) is 30.3 Å². The van der Waals surface area contributed by atoms with E-state index in [1.807, 2.05) is 4.90 Å². The van der Waals surface area contributed by atoms with Gasteiger partial charge in [-0.05, 0) is 5.56 Å². The lowest BCUT2D eigenvalue weighted by molar-refractivity contribution is -0.133. The Morgan fingerprint density at radius 1 is 0.909 bits per heavy atom. The maximum Gasteiger partial charge on any atom is 0.236 e. The van der Waals surface area contributed by atoms with Crippen LogP contribution in [0.3, 0.4) is 0 Å². The van der Waals surface area contributed by atoms with Gasteiger partial charge in [0.1, 0.15) is 0 Å². The highest BCUT2D eigenvalue weighted by Gasteiger charge is 2.22. The third-order valence-electron chi connectivity index (χ3n) is 4.54. The highest BCUT2D eigenvalue weighted by Crippen LogP contribution is 2.08. The number of hydrogen-bond acceptors (Lipinski definition) is 4. The second-order valence-electron chi connectivity index (χ2n) is 6.17. The van der Waals surface area contributed by atoms with Crippen LogP contribution in [0.2, 0.25) is 0 Å². The van der Waals surface area contributed by atoms with E-state index < -0.39 is 0 Å². The number of carbonyl (C=O) groups is 1. The first-order chi connectivity index (χ1) is 10.8. The minimum Gasteiger partial charge on any atom is -0.339 e. The molecule has 0 saturated carbocycles. The van der Waals surface area contributed by atoms with Crippen molar-refractivity contribution in [2.45, 2.75) is 6.54 Å². The summed E-state index contributed by atoms with van der Waals surface area (Å²) in [6, 6.07) is 10.6. The van der Waals surface area contributed by atoms with Crippen molar-refractivity contribution in [2.75, 3.05) is 58.9 Å². The Bertz CT molecular complexity index is 465. The molecule has 2 aliphatic heterocycles. The number of benzene rings is 1. The summed E-state index contributed by atoms with van der Waals surface area (Å²) >= 11 is 0. The molecular weight excluding hydrogens is 276 g/mol. The van der Waals surface area contributed by atoms with Gasteiger partial charge in [-0.3, -0.25) is 14.6 Å². The van der Waals surface area contributed by atoms with Crippen LogP contribution >= 0.6 is 0 Å². The molecule has 0 atom stereocenters. The van der Waals surface area contributed by atoms with Crippen molar-refractivity contribution in [2.24, 2.45) is 0 Å². The number of rotatable bonds is 4. The van der Waals surface area contributed by atoms with E-state index in [1.165, 1.54) is 5.56 Å². The molecule has 1 N–H and O–H groups in total. The molecule has 0 spiro atoms. The highest BCUT2D eigenvalue weighted by molar-refractivity contribution is 5.78. The third-order valence-corrected chi connectivity index (χ3v) is 4.54. The molecule has 0 radical (unpaired) electrons. The van der Waals surface area contributed by atoms with E-state index in [0.29, 0.717) is 6.54 Å². The Morgan fingerprint density at radius 3 is 2.23 bits per heavy atom. The van der Waals surface area contributed by atoms with E-state index in [-0.39, 0.29) is 5.91 Å². The number of nitrogens with one attached hydrogen (secondary N) is 1. The van der Waals surface area contributed by atoms with Gasteiger partial charge in [-0.1, -0.05) is 30.3 Å². The van der Waals surface area contributed by atoms with E-state index >= 15 is 0 Å². The molecule has 3 rings (SSSR count). The Hall–Kier alpha value is -1.43. The van der Waals surface area contributed by atoms with Gasteiger partial charge in [0.05, 0.1) is 6.54 Å². The largest absolute Gasteiger partial charge is 0.339 e. The van der Waals surface area contributed by atoms with E-state index in [2.05, 4.69) is 45.4 Å². The second kappa shape index (κ2) is 7.72. The zero-order chi connectivity index (χ0) is 15.2. The predicted molar refractivity (Wildman–Crippen MR) is 87.6 cm³/mol. The molecule has 0 aliphatic carbocycles. The molecule has 2 heterocycles. The minimum absolute atomic E-state index is 0.290. The molecule has 22 heavy (non-hydrogen) atoms. The zero-order valence-electron chi connectivity index (χ0n) is 13.2. The molecule has 2 aliphatic rings. The lowest BCUT2D eigenvalue weighted by atomic mass is 10.2. The summed E-state index contributed by atoms with van der Waals surface area (Å²) in [5.74, 6) is 0.290. The normalized spacial score (nSPS) is 21.0. The quantitative estimate of drug-likeness (QED) is 0.865. The molecule has 1 aromatic rings. The second-order valence-corrected chi connectivity index (χ2v) is 6.17. The first kappa shape index (κ1) is 15.5. The lowest BCUT2D eigenvalue weighted by Crippen LogP contribution is -2.52. The monoisotopic (exact) mass is 302 g/mol. The van der Waals surface area contributed by atoms with Crippen LogP contribution in [0, 0.1) is 0 Å². The molecular formula is C17H26N4O.